The molecule has 2 heterocycles. The summed E-state index contributed by atoms with van der Waals surface area (Å²) in [7, 11) is -4.27. The maximum atomic E-state index is 13.8. The third-order valence-electron chi connectivity index (χ3n) is 5.86. The molecule has 1 saturated heterocycles. The maximum absolute atomic E-state index is 13.8. The molecule has 0 aliphatic carbocycles. The van der Waals surface area contributed by atoms with Gasteiger partial charge in [-0.25, -0.2) is 9.36 Å². The minimum Gasteiger partial charge on any atom is -0.462 e. The summed E-state index contributed by atoms with van der Waals surface area (Å²) < 4.78 is 37.2. The van der Waals surface area contributed by atoms with Crippen molar-refractivity contribution >= 4 is 19.5 Å². The number of nitrogens with two attached hydrogens (primary N) is 1. The standard InChI is InChI=1S/C24H32N5O8P/c1-5-17(21(31)35-15(2)3)28-38(33,37-16-9-7-6-8-10-16)34-13-18-20(30)24(4,14-25)22(36-18)29-12-11-19(26)27-23(29)32/h6-12,15,17-18,20,22,30H,5,13H2,1-4H3,(H,28,33)(H2,26,27,32)/t17-,18+,20+,22+,24+,38?/m0/s1. The molecule has 1 fully saturated rings. The summed E-state index contributed by atoms with van der Waals surface area (Å²) in [6.45, 7) is 5.96. The van der Waals surface area contributed by atoms with Gasteiger partial charge in [0.25, 0.3) is 0 Å². The van der Waals surface area contributed by atoms with E-state index in [1.54, 1.807) is 51.1 Å². The molecule has 2 aromatic rings. The van der Waals surface area contributed by atoms with E-state index in [0.29, 0.717) is 0 Å². The molecule has 0 saturated carbocycles. The Balaban J connectivity index is 1.85. The highest BCUT2D eigenvalue weighted by Crippen LogP contribution is 2.49. The lowest BCUT2D eigenvalue weighted by molar-refractivity contribution is -0.149. The fourth-order valence-corrected chi connectivity index (χ4v) is 5.41. The minimum absolute atomic E-state index is 0.0186. The van der Waals surface area contributed by atoms with E-state index >= 15 is 0 Å². The number of hydrogen-bond donors (Lipinski definition) is 3. The van der Waals surface area contributed by atoms with Gasteiger partial charge in [-0.2, -0.15) is 15.3 Å². The summed E-state index contributed by atoms with van der Waals surface area (Å²) in [5, 5.41) is 23.5. The molecule has 38 heavy (non-hydrogen) atoms. The zero-order valence-corrected chi connectivity index (χ0v) is 22.4. The lowest BCUT2D eigenvalue weighted by Gasteiger charge is -2.26. The zero-order valence-electron chi connectivity index (χ0n) is 21.5. The Morgan fingerprint density at radius 2 is 2.05 bits per heavy atom. The van der Waals surface area contributed by atoms with Gasteiger partial charge in [0.15, 0.2) is 6.23 Å². The van der Waals surface area contributed by atoms with E-state index in [2.05, 4.69) is 10.1 Å². The number of benzene rings is 1. The molecule has 206 valence electrons. The Labute approximate surface area is 220 Å². The molecule has 1 aliphatic heterocycles. The fourth-order valence-electron chi connectivity index (χ4n) is 3.82. The number of nitriles is 1. The average Bonchev–Trinajstić information content (AvgIpc) is 3.12. The van der Waals surface area contributed by atoms with Gasteiger partial charge in [0.1, 0.15) is 35.2 Å². The van der Waals surface area contributed by atoms with Crippen LogP contribution in [0.15, 0.2) is 47.4 Å². The quantitative estimate of drug-likeness (QED) is 0.274. The van der Waals surface area contributed by atoms with Gasteiger partial charge in [-0.05, 0) is 45.4 Å². The topological polar surface area (TPSA) is 188 Å². The number of aliphatic hydroxyl groups is 1. The molecule has 1 aromatic carbocycles. The van der Waals surface area contributed by atoms with Gasteiger partial charge in [0, 0.05) is 6.20 Å². The van der Waals surface area contributed by atoms with Crippen LogP contribution in [0.1, 0.15) is 40.3 Å². The molecule has 0 bridgehead atoms. The number of esters is 1. The summed E-state index contributed by atoms with van der Waals surface area (Å²) in [6, 6.07) is 10.5. The molecule has 1 unspecified atom stereocenters. The monoisotopic (exact) mass is 549 g/mol. The number of nitrogen functional groups attached to an aromatic ring is 1. The Bertz CT molecular complexity index is 1270. The van der Waals surface area contributed by atoms with Gasteiger partial charge in [-0.1, -0.05) is 25.1 Å². The Kier molecular flexibility index (Phi) is 9.30. The first-order valence-corrected chi connectivity index (χ1v) is 13.5. The number of anilines is 1. The van der Waals surface area contributed by atoms with Crippen molar-refractivity contribution in [1.29, 1.82) is 5.26 Å². The van der Waals surface area contributed by atoms with Crippen molar-refractivity contribution < 1.29 is 33.0 Å². The molecule has 1 aliphatic rings. The van der Waals surface area contributed by atoms with E-state index in [1.807, 2.05) is 6.07 Å². The van der Waals surface area contributed by atoms with Gasteiger partial charge >= 0.3 is 19.4 Å². The second-order valence-corrected chi connectivity index (χ2v) is 10.9. The maximum Gasteiger partial charge on any atom is 0.459 e. The fraction of sp³-hybridized carbons (Fsp3) is 0.500. The number of aliphatic hydroxyl groups excluding tert-OH is 1. The zero-order chi connectivity index (χ0) is 28.1. The third-order valence-corrected chi connectivity index (χ3v) is 7.43. The largest absolute Gasteiger partial charge is 0.462 e. The number of hydrogen-bond acceptors (Lipinski definition) is 11. The van der Waals surface area contributed by atoms with Gasteiger partial charge < -0.3 is 24.8 Å². The normalized spacial score (nSPS) is 25.3. The number of rotatable bonds is 11. The highest BCUT2D eigenvalue weighted by molar-refractivity contribution is 7.52. The van der Waals surface area contributed by atoms with E-state index in [1.165, 1.54) is 19.2 Å². The molecule has 4 N–H and O–H groups in total. The number of carbonyl (C=O) groups is 1. The van der Waals surface area contributed by atoms with Crippen molar-refractivity contribution in [3.63, 3.8) is 0 Å². The van der Waals surface area contributed by atoms with Crippen LogP contribution in [0.2, 0.25) is 0 Å². The molecule has 1 aromatic heterocycles. The average molecular weight is 550 g/mol. The lowest BCUT2D eigenvalue weighted by Crippen LogP contribution is -2.40. The van der Waals surface area contributed by atoms with Gasteiger partial charge in [-0.3, -0.25) is 13.9 Å². The first kappa shape index (κ1) is 29.3. The molecule has 0 radical (unpaired) electrons. The summed E-state index contributed by atoms with van der Waals surface area (Å²) >= 11 is 0. The minimum atomic E-state index is -4.27. The smallest absolute Gasteiger partial charge is 0.459 e. The summed E-state index contributed by atoms with van der Waals surface area (Å²) in [5.41, 5.74) is 3.18. The predicted octanol–water partition coefficient (Wildman–Crippen LogP) is 2.14. The van der Waals surface area contributed by atoms with Crippen LogP contribution in [-0.2, 0) is 23.4 Å². The van der Waals surface area contributed by atoms with Crippen molar-refractivity contribution in [2.24, 2.45) is 5.41 Å². The Hall–Kier alpha value is -3.27. The molecule has 14 heteroatoms. The number of ether oxygens (including phenoxy) is 2. The number of nitrogens with zero attached hydrogens (tertiary/aromatic N) is 3. The highest BCUT2D eigenvalue weighted by atomic mass is 31.2. The summed E-state index contributed by atoms with van der Waals surface area (Å²) in [4.78, 5) is 28.6. The van der Waals surface area contributed by atoms with Crippen molar-refractivity contribution in [2.75, 3.05) is 12.3 Å². The van der Waals surface area contributed by atoms with Crippen LogP contribution >= 0.6 is 7.75 Å². The number of carbonyl (C=O) groups excluding carboxylic acids is 1. The van der Waals surface area contributed by atoms with E-state index < -0.39 is 62.0 Å². The molecule has 3 rings (SSSR count). The van der Waals surface area contributed by atoms with Crippen LogP contribution < -0.4 is 21.0 Å². The highest BCUT2D eigenvalue weighted by Gasteiger charge is 2.55. The first-order valence-electron chi connectivity index (χ1n) is 12.0. The lowest BCUT2D eigenvalue weighted by atomic mass is 9.84. The van der Waals surface area contributed by atoms with Crippen LogP contribution in [0, 0.1) is 16.7 Å². The molecule has 0 amide bonds. The van der Waals surface area contributed by atoms with Crippen LogP contribution in [0.4, 0.5) is 5.82 Å². The molecular weight excluding hydrogens is 517 g/mol. The van der Waals surface area contributed by atoms with Crippen LogP contribution in [0.5, 0.6) is 5.75 Å². The Morgan fingerprint density at radius 1 is 1.37 bits per heavy atom. The van der Waals surface area contributed by atoms with Gasteiger partial charge in [-0.15, -0.1) is 0 Å². The number of para-hydroxylation sites is 1. The van der Waals surface area contributed by atoms with E-state index in [9.17, 15) is 24.5 Å². The van der Waals surface area contributed by atoms with Crippen molar-refractivity contribution in [3.8, 4) is 11.8 Å². The van der Waals surface area contributed by atoms with Crippen molar-refractivity contribution in [1.82, 2.24) is 14.6 Å². The Morgan fingerprint density at radius 3 is 2.63 bits per heavy atom. The van der Waals surface area contributed by atoms with Crippen LogP contribution in [0.25, 0.3) is 0 Å². The second kappa shape index (κ2) is 12.1. The number of aromatic nitrogens is 2. The van der Waals surface area contributed by atoms with E-state index in [-0.39, 0.29) is 18.0 Å². The van der Waals surface area contributed by atoms with E-state index in [4.69, 9.17) is 24.3 Å². The van der Waals surface area contributed by atoms with Crippen molar-refractivity contribution in [3.05, 3.63) is 53.1 Å². The first-order chi connectivity index (χ1) is 17.9. The molecule has 6 atom stereocenters. The second-order valence-electron chi connectivity index (χ2n) is 9.18. The molecule has 13 nitrogen and oxygen atoms in total. The number of nitrogens with one attached hydrogen (secondary N) is 1. The van der Waals surface area contributed by atoms with Crippen molar-refractivity contribution in [2.45, 2.75) is 64.7 Å². The van der Waals surface area contributed by atoms with E-state index in [0.717, 1.165) is 4.57 Å². The predicted molar refractivity (Wildman–Crippen MR) is 136 cm³/mol. The van der Waals surface area contributed by atoms with Crippen LogP contribution in [0.3, 0.4) is 0 Å². The summed E-state index contributed by atoms with van der Waals surface area (Å²) in [5.74, 6) is -0.468. The van der Waals surface area contributed by atoms with Crippen LogP contribution in [-0.4, -0.2) is 51.6 Å². The molecular formula is C24H32N5O8P. The SMILES string of the molecule is CC[C@H](NP(=O)(OC[C@H]1O[C@@H](n2ccc(N)nc2=O)[C@](C)(C#N)[C@@H]1O)Oc1ccccc1)C(=O)OC(C)C. The third kappa shape index (κ3) is 6.59. The molecule has 0 spiro atoms. The summed E-state index contributed by atoms with van der Waals surface area (Å²) in [6.07, 6.45) is -2.79. The van der Waals surface area contributed by atoms with Gasteiger partial charge in [0.05, 0.1) is 18.8 Å². The van der Waals surface area contributed by atoms with Gasteiger partial charge in [0.2, 0.25) is 0 Å².